The first-order valence-corrected chi connectivity index (χ1v) is 8.84. The van der Waals surface area contributed by atoms with E-state index < -0.39 is 0 Å². The third-order valence-corrected chi connectivity index (χ3v) is 4.57. The van der Waals surface area contributed by atoms with Gasteiger partial charge in [-0.3, -0.25) is 9.78 Å². The van der Waals surface area contributed by atoms with Crippen LogP contribution in [-0.2, 0) is 17.6 Å². The molecule has 0 radical (unpaired) electrons. The van der Waals surface area contributed by atoms with E-state index in [1.165, 1.54) is 5.56 Å². The zero-order chi connectivity index (χ0) is 17.9. The Morgan fingerprint density at radius 3 is 2.88 bits per heavy atom. The number of aromatic nitrogens is 3. The van der Waals surface area contributed by atoms with Crippen LogP contribution in [0.25, 0.3) is 11.5 Å². The van der Waals surface area contributed by atoms with Gasteiger partial charge in [-0.25, -0.2) is 0 Å². The Morgan fingerprint density at radius 2 is 2.04 bits per heavy atom. The van der Waals surface area contributed by atoms with Crippen molar-refractivity contribution >= 4 is 11.6 Å². The Balaban J connectivity index is 1.42. The molecule has 3 aromatic rings. The van der Waals surface area contributed by atoms with Gasteiger partial charge < -0.3 is 9.32 Å². The zero-order valence-corrected chi connectivity index (χ0v) is 14.7. The van der Waals surface area contributed by atoms with Crippen LogP contribution in [0.15, 0.2) is 47.0 Å². The number of anilines is 1. The molecule has 6 heteroatoms. The van der Waals surface area contributed by atoms with Crippen LogP contribution in [0.1, 0.15) is 30.0 Å². The van der Waals surface area contributed by atoms with E-state index in [-0.39, 0.29) is 5.91 Å². The molecular formula is C20H20N4O2. The molecule has 26 heavy (non-hydrogen) atoms. The third-order valence-electron chi connectivity index (χ3n) is 4.57. The zero-order valence-electron chi connectivity index (χ0n) is 14.7. The number of carbonyl (C=O) groups excluding carboxylic acids is 1. The number of benzene rings is 1. The molecule has 0 atom stereocenters. The van der Waals surface area contributed by atoms with Gasteiger partial charge in [-0.2, -0.15) is 0 Å². The van der Waals surface area contributed by atoms with Gasteiger partial charge in [0.25, 0.3) is 0 Å². The van der Waals surface area contributed by atoms with Gasteiger partial charge in [-0.1, -0.05) is 17.7 Å². The lowest BCUT2D eigenvalue weighted by Gasteiger charge is -2.28. The summed E-state index contributed by atoms with van der Waals surface area (Å²) in [5, 5.41) is 8.17. The van der Waals surface area contributed by atoms with E-state index in [0.717, 1.165) is 36.3 Å². The number of rotatable bonds is 4. The van der Waals surface area contributed by atoms with Crippen LogP contribution in [0.5, 0.6) is 0 Å². The highest BCUT2D eigenvalue weighted by Crippen LogP contribution is 2.26. The van der Waals surface area contributed by atoms with Gasteiger partial charge in [-0.15, -0.1) is 10.2 Å². The van der Waals surface area contributed by atoms with Gasteiger partial charge in [-0.05, 0) is 44.0 Å². The molecule has 0 bridgehead atoms. The predicted octanol–water partition coefficient (Wildman–Crippen LogP) is 3.35. The third kappa shape index (κ3) is 3.35. The smallest absolute Gasteiger partial charge is 0.247 e. The molecule has 132 valence electrons. The Morgan fingerprint density at radius 1 is 1.19 bits per heavy atom. The summed E-state index contributed by atoms with van der Waals surface area (Å²) in [6.45, 7) is 2.76. The van der Waals surface area contributed by atoms with E-state index in [9.17, 15) is 4.79 Å². The second-order valence-corrected chi connectivity index (χ2v) is 6.49. The molecule has 4 rings (SSSR count). The number of hydrogen-bond acceptors (Lipinski definition) is 5. The van der Waals surface area contributed by atoms with Crippen LogP contribution < -0.4 is 4.90 Å². The highest BCUT2D eigenvalue weighted by molar-refractivity contribution is 5.94. The highest BCUT2D eigenvalue weighted by Gasteiger charge is 2.23. The van der Waals surface area contributed by atoms with E-state index in [2.05, 4.69) is 15.2 Å². The Labute approximate surface area is 151 Å². The lowest BCUT2D eigenvalue weighted by molar-refractivity contribution is -0.118. The molecule has 1 aliphatic rings. The largest absolute Gasteiger partial charge is 0.421 e. The molecule has 1 aliphatic heterocycles. The molecule has 0 spiro atoms. The molecule has 0 saturated carbocycles. The number of aryl methyl sites for hydroxylation is 3. The van der Waals surface area contributed by atoms with Crippen LogP contribution in [0, 0.1) is 6.92 Å². The Kier molecular flexibility index (Phi) is 4.48. The minimum absolute atomic E-state index is 0.0639. The molecule has 0 unspecified atom stereocenters. The Bertz CT molecular complexity index is 918. The first-order valence-electron chi connectivity index (χ1n) is 8.84. The number of hydrogen-bond donors (Lipinski definition) is 0. The number of nitrogens with zero attached hydrogens (tertiary/aromatic N) is 4. The fourth-order valence-corrected chi connectivity index (χ4v) is 3.17. The predicted molar refractivity (Wildman–Crippen MR) is 97.7 cm³/mol. The maximum atomic E-state index is 12.7. The minimum atomic E-state index is 0.0639. The van der Waals surface area contributed by atoms with Crippen molar-refractivity contribution in [3.63, 3.8) is 0 Å². The number of amides is 1. The molecule has 1 aromatic carbocycles. The van der Waals surface area contributed by atoms with Crippen molar-refractivity contribution in [3.05, 3.63) is 59.7 Å². The fraction of sp³-hybridized carbons (Fsp3) is 0.300. The molecule has 2 aromatic heterocycles. The molecule has 0 N–H and O–H groups in total. The summed E-state index contributed by atoms with van der Waals surface area (Å²) in [6, 6.07) is 11.7. The summed E-state index contributed by atoms with van der Waals surface area (Å²) in [6.07, 6.45) is 4.41. The van der Waals surface area contributed by atoms with E-state index >= 15 is 0 Å². The summed E-state index contributed by atoms with van der Waals surface area (Å²) >= 11 is 0. The average molecular weight is 348 g/mol. The Hall–Kier alpha value is -3.02. The second-order valence-electron chi connectivity index (χ2n) is 6.49. The topological polar surface area (TPSA) is 72.1 Å². The summed E-state index contributed by atoms with van der Waals surface area (Å²) in [5.41, 5.74) is 3.98. The molecule has 3 heterocycles. The van der Waals surface area contributed by atoms with Crippen LogP contribution >= 0.6 is 0 Å². The van der Waals surface area contributed by atoms with Crippen molar-refractivity contribution in [1.29, 1.82) is 0 Å². The molecule has 1 amide bonds. The van der Waals surface area contributed by atoms with Crippen molar-refractivity contribution in [2.24, 2.45) is 0 Å². The second kappa shape index (κ2) is 7.07. The highest BCUT2D eigenvalue weighted by atomic mass is 16.4. The van der Waals surface area contributed by atoms with Crippen LogP contribution in [0.3, 0.4) is 0 Å². The molecule has 0 fully saturated rings. The molecule has 0 aliphatic carbocycles. The van der Waals surface area contributed by atoms with Crippen molar-refractivity contribution in [2.75, 3.05) is 11.4 Å². The van der Waals surface area contributed by atoms with Crippen molar-refractivity contribution in [3.8, 4) is 11.5 Å². The van der Waals surface area contributed by atoms with E-state index in [0.29, 0.717) is 24.6 Å². The van der Waals surface area contributed by atoms with E-state index in [1.807, 2.05) is 48.2 Å². The maximum Gasteiger partial charge on any atom is 0.247 e. The van der Waals surface area contributed by atoms with Crippen LogP contribution in [0.2, 0.25) is 0 Å². The fourth-order valence-electron chi connectivity index (χ4n) is 3.17. The average Bonchev–Trinajstić information content (AvgIpc) is 3.15. The van der Waals surface area contributed by atoms with Gasteiger partial charge in [0.2, 0.25) is 17.7 Å². The summed E-state index contributed by atoms with van der Waals surface area (Å²) < 4.78 is 5.71. The van der Waals surface area contributed by atoms with E-state index in [1.54, 1.807) is 6.20 Å². The van der Waals surface area contributed by atoms with Crippen molar-refractivity contribution in [2.45, 2.75) is 32.6 Å². The molecular weight excluding hydrogens is 328 g/mol. The van der Waals surface area contributed by atoms with Crippen LogP contribution in [0.4, 0.5) is 5.69 Å². The van der Waals surface area contributed by atoms with Crippen molar-refractivity contribution in [1.82, 2.24) is 15.2 Å². The van der Waals surface area contributed by atoms with Gasteiger partial charge >= 0.3 is 0 Å². The van der Waals surface area contributed by atoms with Gasteiger partial charge in [0.1, 0.15) is 0 Å². The number of fused-ring (bicyclic) bond motifs is 1. The molecule has 6 nitrogen and oxygen atoms in total. The van der Waals surface area contributed by atoms with E-state index in [4.69, 9.17) is 4.42 Å². The van der Waals surface area contributed by atoms with Crippen LogP contribution in [-0.4, -0.2) is 27.6 Å². The SMILES string of the molecule is Cc1ccc(-c2nnc(CCC(=O)N3CCCc4ncccc43)o2)cc1. The first kappa shape index (κ1) is 16.4. The lowest BCUT2D eigenvalue weighted by Crippen LogP contribution is -2.35. The first-order chi connectivity index (χ1) is 12.7. The van der Waals surface area contributed by atoms with Gasteiger partial charge in [0.15, 0.2) is 0 Å². The number of carbonyl (C=O) groups is 1. The van der Waals surface area contributed by atoms with Crippen molar-refractivity contribution < 1.29 is 9.21 Å². The lowest BCUT2D eigenvalue weighted by atomic mass is 10.1. The summed E-state index contributed by atoms with van der Waals surface area (Å²) in [4.78, 5) is 18.9. The minimum Gasteiger partial charge on any atom is -0.421 e. The summed E-state index contributed by atoms with van der Waals surface area (Å²) in [7, 11) is 0. The maximum absolute atomic E-state index is 12.7. The van der Waals surface area contributed by atoms with Gasteiger partial charge in [0.05, 0.1) is 11.4 Å². The molecule has 0 saturated heterocycles. The summed E-state index contributed by atoms with van der Waals surface area (Å²) in [5.74, 6) is 1.03. The monoisotopic (exact) mass is 348 g/mol. The standard InChI is InChI=1S/C20H20N4O2/c1-14-6-8-15(9-7-14)20-23-22-18(26-20)10-11-19(25)24-13-3-4-16-17(24)5-2-12-21-16/h2,5-9,12H,3-4,10-11,13H2,1H3. The van der Waals surface area contributed by atoms with Gasteiger partial charge in [0, 0.05) is 31.1 Å². The number of pyridine rings is 1. The normalized spacial score (nSPS) is 13.5. The quantitative estimate of drug-likeness (QED) is 0.723.